The van der Waals surface area contributed by atoms with Gasteiger partial charge in [0.25, 0.3) is 0 Å². The van der Waals surface area contributed by atoms with E-state index in [0.717, 1.165) is 0 Å². The summed E-state index contributed by atoms with van der Waals surface area (Å²) in [4.78, 5) is 22.3. The van der Waals surface area contributed by atoms with Gasteiger partial charge in [-0.05, 0) is 25.1 Å². The molecule has 1 rings (SSSR count). The molecule has 0 aliphatic rings. The molecule has 0 bridgehead atoms. The Bertz CT molecular complexity index is 556. The molecule has 0 saturated heterocycles. The first-order chi connectivity index (χ1) is 9.54. The van der Waals surface area contributed by atoms with Crippen molar-refractivity contribution in [2.24, 2.45) is 0 Å². The third-order valence-corrected chi connectivity index (χ3v) is 2.41. The summed E-state index contributed by atoms with van der Waals surface area (Å²) in [5, 5.41) is 2.65. The van der Waals surface area contributed by atoms with Crippen LogP contribution < -0.4 is 11.1 Å². The molecule has 0 atom stereocenters. The maximum absolute atomic E-state index is 11.7. The first-order valence-corrected chi connectivity index (χ1v) is 6.34. The lowest BCUT2D eigenvalue weighted by Gasteiger charge is -2.05. The van der Waals surface area contributed by atoms with E-state index in [-0.39, 0.29) is 5.91 Å². The van der Waals surface area contributed by atoms with E-state index in [1.54, 1.807) is 25.1 Å². The van der Waals surface area contributed by atoms with Gasteiger partial charge in [-0.2, -0.15) is 0 Å². The van der Waals surface area contributed by atoms with Gasteiger partial charge in [0, 0.05) is 31.1 Å². The molecule has 0 aliphatic heterocycles. The zero-order chi connectivity index (χ0) is 15.0. The van der Waals surface area contributed by atoms with E-state index in [0.29, 0.717) is 36.4 Å². The Kier molecular flexibility index (Phi) is 6.11. The highest BCUT2D eigenvalue weighted by atomic mass is 16.5. The van der Waals surface area contributed by atoms with Crippen molar-refractivity contribution in [2.45, 2.75) is 20.3 Å². The molecule has 0 aliphatic carbocycles. The second-order valence-corrected chi connectivity index (χ2v) is 4.06. The first-order valence-electron chi connectivity index (χ1n) is 6.34. The summed E-state index contributed by atoms with van der Waals surface area (Å²) in [7, 11) is 0. The number of hydrogen-bond acceptors (Lipinski definition) is 4. The molecule has 5 nitrogen and oxygen atoms in total. The van der Waals surface area contributed by atoms with Crippen molar-refractivity contribution < 1.29 is 14.3 Å². The van der Waals surface area contributed by atoms with Crippen LogP contribution in [0, 0.1) is 11.8 Å². The van der Waals surface area contributed by atoms with Gasteiger partial charge < -0.3 is 15.8 Å². The Labute approximate surface area is 118 Å². The lowest BCUT2D eigenvalue weighted by atomic mass is 10.1. The van der Waals surface area contributed by atoms with Gasteiger partial charge in [-0.3, -0.25) is 4.79 Å². The molecule has 0 fully saturated rings. The number of carbonyl (C=O) groups excluding carboxylic acids is 2. The van der Waals surface area contributed by atoms with Crippen molar-refractivity contribution in [1.29, 1.82) is 0 Å². The highest BCUT2D eigenvalue weighted by molar-refractivity contribution is 5.95. The maximum atomic E-state index is 11.7. The highest BCUT2D eigenvalue weighted by Gasteiger charge is 2.10. The van der Waals surface area contributed by atoms with E-state index >= 15 is 0 Å². The van der Waals surface area contributed by atoms with Gasteiger partial charge in [-0.1, -0.05) is 11.8 Å². The number of esters is 1. The number of nitrogens with one attached hydrogen (secondary N) is 1. The van der Waals surface area contributed by atoms with Crippen LogP contribution in [0.25, 0.3) is 0 Å². The van der Waals surface area contributed by atoms with Gasteiger partial charge >= 0.3 is 5.97 Å². The lowest BCUT2D eigenvalue weighted by molar-refractivity contribution is -0.118. The molecule has 1 amide bonds. The minimum absolute atomic E-state index is 0.0797. The Hall–Kier alpha value is -2.48. The molecular formula is C15H18N2O3. The zero-order valence-electron chi connectivity index (χ0n) is 11.7. The molecule has 0 heterocycles. The maximum Gasteiger partial charge on any atom is 0.340 e. The molecule has 3 N–H and O–H groups in total. The minimum atomic E-state index is -0.452. The molecule has 0 unspecified atom stereocenters. The summed E-state index contributed by atoms with van der Waals surface area (Å²) in [5.41, 5.74) is 7.11. The van der Waals surface area contributed by atoms with E-state index < -0.39 is 5.97 Å². The van der Waals surface area contributed by atoms with Crippen molar-refractivity contribution in [3.63, 3.8) is 0 Å². The van der Waals surface area contributed by atoms with Crippen molar-refractivity contribution in [3.05, 3.63) is 29.3 Å². The molecule has 1 aromatic rings. The van der Waals surface area contributed by atoms with Crippen molar-refractivity contribution >= 4 is 17.6 Å². The van der Waals surface area contributed by atoms with E-state index in [1.807, 2.05) is 0 Å². The van der Waals surface area contributed by atoms with E-state index in [1.165, 1.54) is 6.92 Å². The number of hydrogen-bond donors (Lipinski definition) is 2. The summed E-state index contributed by atoms with van der Waals surface area (Å²) in [6.07, 6.45) is 0.540. The van der Waals surface area contributed by atoms with Gasteiger partial charge in [0.1, 0.15) is 0 Å². The van der Waals surface area contributed by atoms with Crippen LogP contribution in [0.15, 0.2) is 18.2 Å². The third kappa shape index (κ3) is 5.02. The standard InChI is InChI=1S/C15H18N2O3/c1-3-20-15(19)13-10-12(7-8-14(13)16)6-4-5-9-17-11(2)18/h7-8,10H,3,5,9,16H2,1-2H3,(H,17,18). The predicted octanol–water partition coefficient (Wildman–Crippen LogP) is 1.32. The second-order valence-electron chi connectivity index (χ2n) is 4.06. The SMILES string of the molecule is CCOC(=O)c1cc(C#CCCNC(C)=O)ccc1N. The molecule has 5 heteroatoms. The molecule has 0 saturated carbocycles. The van der Waals surface area contributed by atoms with Crippen LogP contribution in [-0.2, 0) is 9.53 Å². The smallest absolute Gasteiger partial charge is 0.340 e. The van der Waals surface area contributed by atoms with Gasteiger partial charge in [-0.15, -0.1) is 0 Å². The van der Waals surface area contributed by atoms with Gasteiger partial charge in [0.15, 0.2) is 0 Å². The van der Waals surface area contributed by atoms with Crippen LogP contribution >= 0.6 is 0 Å². The second kappa shape index (κ2) is 7.85. The normalized spacial score (nSPS) is 9.30. The number of carbonyl (C=O) groups is 2. The number of benzene rings is 1. The first kappa shape index (κ1) is 15.6. The third-order valence-electron chi connectivity index (χ3n) is 2.41. The Morgan fingerprint density at radius 3 is 2.80 bits per heavy atom. The van der Waals surface area contributed by atoms with Crippen LogP contribution in [0.1, 0.15) is 36.2 Å². The van der Waals surface area contributed by atoms with E-state index in [2.05, 4.69) is 17.2 Å². The number of amides is 1. The fourth-order valence-corrected chi connectivity index (χ4v) is 1.49. The molecule has 20 heavy (non-hydrogen) atoms. The molecule has 0 radical (unpaired) electrons. The minimum Gasteiger partial charge on any atom is -0.462 e. The predicted molar refractivity (Wildman–Crippen MR) is 77.0 cm³/mol. The van der Waals surface area contributed by atoms with Crippen LogP contribution in [0.3, 0.4) is 0 Å². The van der Waals surface area contributed by atoms with Gasteiger partial charge in [0.2, 0.25) is 5.91 Å². The van der Waals surface area contributed by atoms with E-state index in [4.69, 9.17) is 10.5 Å². The Morgan fingerprint density at radius 2 is 2.15 bits per heavy atom. The van der Waals surface area contributed by atoms with Crippen molar-refractivity contribution in [2.75, 3.05) is 18.9 Å². The Morgan fingerprint density at radius 1 is 1.40 bits per heavy atom. The highest BCUT2D eigenvalue weighted by Crippen LogP contribution is 2.15. The number of nitrogen functional groups attached to an aromatic ring is 1. The van der Waals surface area contributed by atoms with Crippen LogP contribution in [0.5, 0.6) is 0 Å². The van der Waals surface area contributed by atoms with Crippen LogP contribution in [-0.4, -0.2) is 25.0 Å². The molecular weight excluding hydrogens is 256 g/mol. The van der Waals surface area contributed by atoms with Crippen LogP contribution in [0.2, 0.25) is 0 Å². The van der Waals surface area contributed by atoms with E-state index in [9.17, 15) is 9.59 Å². The van der Waals surface area contributed by atoms with Gasteiger partial charge in [0.05, 0.1) is 12.2 Å². The quantitative estimate of drug-likeness (QED) is 0.375. The number of ether oxygens (including phenoxy) is 1. The molecule has 106 valence electrons. The molecule has 0 spiro atoms. The summed E-state index contributed by atoms with van der Waals surface area (Å²) in [6.45, 7) is 3.99. The summed E-state index contributed by atoms with van der Waals surface area (Å²) in [5.74, 6) is 5.30. The van der Waals surface area contributed by atoms with Gasteiger partial charge in [-0.25, -0.2) is 4.79 Å². The lowest BCUT2D eigenvalue weighted by Crippen LogP contribution is -2.20. The summed E-state index contributed by atoms with van der Waals surface area (Å²) >= 11 is 0. The zero-order valence-corrected chi connectivity index (χ0v) is 11.7. The molecule has 0 aromatic heterocycles. The Balaban J connectivity index is 2.72. The summed E-state index contributed by atoms with van der Waals surface area (Å²) in [6, 6.07) is 4.98. The number of nitrogens with two attached hydrogens (primary N) is 1. The van der Waals surface area contributed by atoms with Crippen molar-refractivity contribution in [1.82, 2.24) is 5.32 Å². The molecule has 1 aromatic carbocycles. The van der Waals surface area contributed by atoms with Crippen molar-refractivity contribution in [3.8, 4) is 11.8 Å². The number of anilines is 1. The van der Waals surface area contributed by atoms with Crippen LogP contribution in [0.4, 0.5) is 5.69 Å². The fraction of sp³-hybridized carbons (Fsp3) is 0.333. The fourth-order valence-electron chi connectivity index (χ4n) is 1.49. The largest absolute Gasteiger partial charge is 0.462 e. The monoisotopic (exact) mass is 274 g/mol. The average Bonchev–Trinajstić information content (AvgIpc) is 2.40. The topological polar surface area (TPSA) is 81.4 Å². The average molecular weight is 274 g/mol. The summed E-state index contributed by atoms with van der Waals surface area (Å²) < 4.78 is 4.92. The number of rotatable bonds is 4.